The van der Waals surface area contributed by atoms with Gasteiger partial charge in [0.05, 0.1) is 23.8 Å². The van der Waals surface area contributed by atoms with E-state index in [1.54, 1.807) is 7.11 Å². The molecule has 0 spiro atoms. The smallest absolute Gasteiger partial charge is 0.259 e. The van der Waals surface area contributed by atoms with E-state index in [1.807, 2.05) is 53.4 Å². The fourth-order valence-electron chi connectivity index (χ4n) is 3.68. The van der Waals surface area contributed by atoms with E-state index in [2.05, 4.69) is 17.1 Å². The second-order valence-electron chi connectivity index (χ2n) is 7.01. The van der Waals surface area contributed by atoms with Crippen LogP contribution >= 0.6 is 0 Å². The Balaban J connectivity index is 1.70. The number of benzene rings is 2. The molecule has 0 aliphatic carbocycles. The van der Waals surface area contributed by atoms with E-state index in [1.165, 1.54) is 6.42 Å². The molecule has 6 nitrogen and oxygen atoms in total. The van der Waals surface area contributed by atoms with Crippen LogP contribution in [0.15, 0.2) is 53.1 Å². The molecule has 1 unspecified atom stereocenters. The third-order valence-electron chi connectivity index (χ3n) is 5.23. The van der Waals surface area contributed by atoms with Gasteiger partial charge in [-0.05, 0) is 50.5 Å². The van der Waals surface area contributed by atoms with Crippen LogP contribution in [0.5, 0.6) is 5.75 Å². The van der Waals surface area contributed by atoms with Crippen LogP contribution < -0.4 is 4.74 Å². The number of rotatable bonds is 4. The van der Waals surface area contributed by atoms with Gasteiger partial charge in [0.1, 0.15) is 5.75 Å². The number of piperidine rings is 1. The summed E-state index contributed by atoms with van der Waals surface area (Å²) in [7, 11) is 1.60. The second-order valence-corrected chi connectivity index (χ2v) is 7.01. The summed E-state index contributed by atoms with van der Waals surface area (Å²) in [5.41, 5.74) is 1.99. The molecule has 28 heavy (non-hydrogen) atoms. The zero-order valence-corrected chi connectivity index (χ0v) is 16.1. The first-order chi connectivity index (χ1) is 13.7. The Morgan fingerprint density at radius 1 is 1.11 bits per heavy atom. The van der Waals surface area contributed by atoms with Crippen molar-refractivity contribution in [2.24, 2.45) is 0 Å². The molecule has 0 N–H and O–H groups in total. The molecule has 3 aromatic rings. The van der Waals surface area contributed by atoms with Gasteiger partial charge in [0.25, 0.3) is 11.8 Å². The number of hydrogen-bond acceptors (Lipinski definition) is 5. The molecule has 0 radical (unpaired) electrons. The molecule has 2 heterocycles. The molecular weight excluding hydrogens is 354 g/mol. The van der Waals surface area contributed by atoms with Crippen molar-refractivity contribution in [3.8, 4) is 28.6 Å². The molecule has 1 aliphatic heterocycles. The highest BCUT2D eigenvalue weighted by atomic mass is 16.5. The van der Waals surface area contributed by atoms with Gasteiger partial charge in [-0.15, -0.1) is 0 Å². The maximum absolute atomic E-state index is 13.2. The van der Waals surface area contributed by atoms with E-state index in [4.69, 9.17) is 9.26 Å². The Hall–Kier alpha value is -3.15. The SMILES string of the molecule is COc1ccccc1-c1noc(-c2ccccc2C(=O)N2CCCCC2C)n1. The van der Waals surface area contributed by atoms with E-state index in [0.717, 1.165) is 24.9 Å². The molecular formula is C22H23N3O3. The first-order valence-corrected chi connectivity index (χ1v) is 9.56. The van der Waals surface area contributed by atoms with Gasteiger partial charge >= 0.3 is 0 Å². The topological polar surface area (TPSA) is 68.5 Å². The number of carbonyl (C=O) groups excluding carboxylic acids is 1. The third-order valence-corrected chi connectivity index (χ3v) is 5.23. The third kappa shape index (κ3) is 3.38. The average molecular weight is 377 g/mol. The van der Waals surface area contributed by atoms with E-state index in [-0.39, 0.29) is 11.9 Å². The minimum absolute atomic E-state index is 0.0137. The molecule has 2 aromatic carbocycles. The van der Waals surface area contributed by atoms with Gasteiger partial charge in [0, 0.05) is 12.6 Å². The molecule has 0 saturated carbocycles. The number of carbonyl (C=O) groups is 1. The summed E-state index contributed by atoms with van der Waals surface area (Å²) in [6.45, 7) is 2.89. The summed E-state index contributed by atoms with van der Waals surface area (Å²) in [4.78, 5) is 19.7. The molecule has 1 atom stereocenters. The summed E-state index contributed by atoms with van der Waals surface area (Å²) >= 11 is 0. The summed E-state index contributed by atoms with van der Waals surface area (Å²) in [6, 6.07) is 15.1. The van der Waals surface area contributed by atoms with Crippen molar-refractivity contribution in [2.75, 3.05) is 13.7 Å². The second kappa shape index (κ2) is 7.84. The van der Waals surface area contributed by atoms with Crippen molar-refractivity contribution in [1.82, 2.24) is 15.0 Å². The molecule has 1 aromatic heterocycles. The van der Waals surface area contributed by atoms with Crippen molar-refractivity contribution in [3.63, 3.8) is 0 Å². The fraction of sp³-hybridized carbons (Fsp3) is 0.318. The summed E-state index contributed by atoms with van der Waals surface area (Å²) < 4.78 is 10.9. The van der Waals surface area contributed by atoms with Crippen molar-refractivity contribution < 1.29 is 14.1 Å². The highest BCUT2D eigenvalue weighted by molar-refractivity contribution is 6.00. The van der Waals surface area contributed by atoms with Gasteiger partial charge in [-0.25, -0.2) is 0 Å². The first-order valence-electron chi connectivity index (χ1n) is 9.56. The largest absolute Gasteiger partial charge is 0.496 e. The number of nitrogens with zero attached hydrogens (tertiary/aromatic N) is 3. The summed E-state index contributed by atoms with van der Waals surface area (Å²) in [5.74, 6) is 1.44. The molecule has 1 amide bonds. The number of methoxy groups -OCH3 is 1. The molecule has 6 heteroatoms. The standard InChI is InChI=1S/C22H23N3O3/c1-15-9-7-8-14-25(15)22(26)17-11-4-3-10-16(17)21-23-20(24-28-21)18-12-5-6-13-19(18)27-2/h3-6,10-13,15H,7-9,14H2,1-2H3. The van der Waals surface area contributed by atoms with E-state index >= 15 is 0 Å². The lowest BCUT2D eigenvalue weighted by Gasteiger charge is -2.33. The number of ether oxygens (including phenoxy) is 1. The van der Waals surface area contributed by atoms with E-state index < -0.39 is 0 Å². The van der Waals surface area contributed by atoms with Crippen LogP contribution in [0.3, 0.4) is 0 Å². The molecule has 4 rings (SSSR count). The number of amides is 1. The summed E-state index contributed by atoms with van der Waals surface area (Å²) in [5, 5.41) is 4.11. The first kappa shape index (κ1) is 18.2. The van der Waals surface area contributed by atoms with Gasteiger partial charge in [-0.1, -0.05) is 29.4 Å². The lowest BCUT2D eigenvalue weighted by molar-refractivity contribution is 0.0636. The molecule has 1 saturated heterocycles. The van der Waals surface area contributed by atoms with Crippen LogP contribution in [-0.4, -0.2) is 40.6 Å². The Morgan fingerprint density at radius 2 is 1.86 bits per heavy atom. The zero-order chi connectivity index (χ0) is 19.5. The van der Waals surface area contributed by atoms with Gasteiger partial charge in [0.15, 0.2) is 0 Å². The highest BCUT2D eigenvalue weighted by Gasteiger charge is 2.27. The minimum atomic E-state index is 0.0137. The minimum Gasteiger partial charge on any atom is -0.496 e. The van der Waals surface area contributed by atoms with Gasteiger partial charge in [0.2, 0.25) is 5.82 Å². The van der Waals surface area contributed by atoms with Crippen molar-refractivity contribution in [2.45, 2.75) is 32.2 Å². The molecule has 1 aliphatic rings. The number of hydrogen-bond donors (Lipinski definition) is 0. The summed E-state index contributed by atoms with van der Waals surface area (Å²) in [6.07, 6.45) is 3.24. The van der Waals surface area contributed by atoms with Gasteiger partial charge in [-0.2, -0.15) is 4.98 Å². The molecule has 144 valence electrons. The van der Waals surface area contributed by atoms with Crippen LogP contribution in [0.2, 0.25) is 0 Å². The Bertz CT molecular complexity index is 982. The average Bonchev–Trinajstić information content (AvgIpc) is 3.23. The maximum atomic E-state index is 13.2. The monoisotopic (exact) mass is 377 g/mol. The lowest BCUT2D eigenvalue weighted by atomic mass is 10.00. The maximum Gasteiger partial charge on any atom is 0.259 e. The predicted molar refractivity (Wildman–Crippen MR) is 106 cm³/mol. The van der Waals surface area contributed by atoms with E-state index in [9.17, 15) is 4.79 Å². The number of para-hydroxylation sites is 1. The quantitative estimate of drug-likeness (QED) is 0.673. The zero-order valence-electron chi connectivity index (χ0n) is 16.1. The van der Waals surface area contributed by atoms with Crippen LogP contribution in [-0.2, 0) is 0 Å². The molecule has 1 fully saturated rings. The van der Waals surface area contributed by atoms with Crippen molar-refractivity contribution in [1.29, 1.82) is 0 Å². The highest BCUT2D eigenvalue weighted by Crippen LogP contribution is 2.31. The normalized spacial score (nSPS) is 16.8. The Labute approximate surface area is 164 Å². The van der Waals surface area contributed by atoms with E-state index in [0.29, 0.717) is 28.6 Å². The lowest BCUT2D eigenvalue weighted by Crippen LogP contribution is -2.42. The van der Waals surface area contributed by atoms with Gasteiger partial charge < -0.3 is 14.2 Å². The number of likely N-dealkylation sites (tertiary alicyclic amines) is 1. The van der Waals surface area contributed by atoms with Crippen LogP contribution in [0, 0.1) is 0 Å². The van der Waals surface area contributed by atoms with Crippen LogP contribution in [0.1, 0.15) is 36.5 Å². The van der Waals surface area contributed by atoms with Crippen molar-refractivity contribution in [3.05, 3.63) is 54.1 Å². The number of aromatic nitrogens is 2. The van der Waals surface area contributed by atoms with Gasteiger partial charge in [-0.3, -0.25) is 4.79 Å². The van der Waals surface area contributed by atoms with Crippen molar-refractivity contribution >= 4 is 5.91 Å². The fourth-order valence-corrected chi connectivity index (χ4v) is 3.68. The Morgan fingerprint density at radius 3 is 2.64 bits per heavy atom. The van der Waals surface area contributed by atoms with Crippen LogP contribution in [0.25, 0.3) is 22.8 Å². The predicted octanol–water partition coefficient (Wildman–Crippen LogP) is 4.43. The van der Waals surface area contributed by atoms with Crippen LogP contribution in [0.4, 0.5) is 0 Å². The molecule has 0 bridgehead atoms. The Kier molecular flexibility index (Phi) is 5.10.